The number of nitrogens with one attached hydrogen (secondary N) is 2. The van der Waals surface area contributed by atoms with E-state index in [-0.39, 0.29) is 0 Å². The Morgan fingerprint density at radius 2 is 1.81 bits per heavy atom. The Bertz CT molecular complexity index is 1370. The molecule has 3 aromatic heterocycles. The fourth-order valence-electron chi connectivity index (χ4n) is 4.15. The predicted molar refractivity (Wildman–Crippen MR) is 128 cm³/mol. The van der Waals surface area contributed by atoms with Crippen molar-refractivity contribution >= 4 is 22.9 Å². The largest absolute Gasteiger partial charge is 0.382 e. The zero-order chi connectivity index (χ0) is 21.5. The first kappa shape index (κ1) is 19.1. The lowest BCUT2D eigenvalue weighted by atomic mass is 9.93. The van der Waals surface area contributed by atoms with Gasteiger partial charge in [-0.15, -0.1) is 0 Å². The molecule has 158 valence electrons. The molecule has 32 heavy (non-hydrogen) atoms. The molecule has 0 bridgehead atoms. The quantitative estimate of drug-likeness (QED) is 0.348. The number of benzene rings is 2. The zero-order valence-corrected chi connectivity index (χ0v) is 18.0. The topological polar surface area (TPSA) is 70.9 Å². The average molecular weight is 441 g/mol. The highest BCUT2D eigenvalue weighted by Crippen LogP contribution is 2.36. The summed E-state index contributed by atoms with van der Waals surface area (Å²) in [6, 6.07) is 21.0. The van der Waals surface area contributed by atoms with Gasteiger partial charge in [-0.2, -0.15) is 5.10 Å². The number of fused-ring (bicyclic) bond motifs is 1. The number of hydrogen-bond donors (Lipinski definition) is 2. The van der Waals surface area contributed by atoms with Crippen LogP contribution in [0.3, 0.4) is 0 Å². The van der Waals surface area contributed by atoms with Crippen LogP contribution >= 0.6 is 11.6 Å². The number of hydrogen-bond acceptors (Lipinski definition) is 4. The maximum Gasteiger partial charge on any atom is 0.166 e. The van der Waals surface area contributed by atoms with Crippen molar-refractivity contribution < 1.29 is 0 Å². The molecule has 0 atom stereocenters. The highest BCUT2D eigenvalue weighted by molar-refractivity contribution is 6.29. The molecule has 7 heteroatoms. The van der Waals surface area contributed by atoms with Crippen LogP contribution in [0.4, 0.5) is 5.69 Å². The van der Waals surface area contributed by atoms with E-state index in [1.807, 2.05) is 22.7 Å². The summed E-state index contributed by atoms with van der Waals surface area (Å²) >= 11 is 6.43. The second-order valence-electron chi connectivity index (χ2n) is 8.08. The Hall–Kier alpha value is -3.64. The van der Waals surface area contributed by atoms with Crippen LogP contribution in [0.1, 0.15) is 19.3 Å². The molecule has 0 radical (unpaired) electrons. The highest BCUT2D eigenvalue weighted by atomic mass is 35.5. The van der Waals surface area contributed by atoms with E-state index in [9.17, 15) is 0 Å². The lowest BCUT2D eigenvalue weighted by Gasteiger charge is -2.27. The van der Waals surface area contributed by atoms with Gasteiger partial charge in [-0.05, 0) is 37.5 Å². The van der Waals surface area contributed by atoms with Crippen LogP contribution in [0.25, 0.3) is 39.5 Å². The summed E-state index contributed by atoms with van der Waals surface area (Å²) in [4.78, 5) is 12.6. The first-order chi connectivity index (χ1) is 15.8. The van der Waals surface area contributed by atoms with E-state index in [2.05, 4.69) is 56.8 Å². The van der Waals surface area contributed by atoms with Gasteiger partial charge in [0.15, 0.2) is 10.8 Å². The molecule has 2 N–H and O–H groups in total. The van der Waals surface area contributed by atoms with E-state index in [1.165, 1.54) is 19.3 Å². The van der Waals surface area contributed by atoms with Gasteiger partial charge in [0.05, 0.1) is 11.3 Å². The van der Waals surface area contributed by atoms with Crippen LogP contribution < -0.4 is 5.32 Å². The molecule has 6 nitrogen and oxygen atoms in total. The predicted octanol–water partition coefficient (Wildman–Crippen LogP) is 6.07. The van der Waals surface area contributed by atoms with Crippen molar-refractivity contribution in [2.75, 3.05) is 5.32 Å². The Morgan fingerprint density at radius 1 is 1.00 bits per heavy atom. The number of imidazole rings is 2. The van der Waals surface area contributed by atoms with E-state index in [0.29, 0.717) is 22.7 Å². The molecule has 3 heterocycles. The molecule has 6 rings (SSSR count). The van der Waals surface area contributed by atoms with Gasteiger partial charge < -0.3 is 10.3 Å². The molecule has 1 saturated carbocycles. The highest BCUT2D eigenvalue weighted by Gasteiger charge is 2.22. The summed E-state index contributed by atoms with van der Waals surface area (Å²) in [5, 5.41) is 8.59. The first-order valence-corrected chi connectivity index (χ1v) is 11.2. The maximum atomic E-state index is 6.43. The lowest BCUT2D eigenvalue weighted by Crippen LogP contribution is -2.26. The van der Waals surface area contributed by atoms with Gasteiger partial charge in [-0.3, -0.25) is 0 Å². The summed E-state index contributed by atoms with van der Waals surface area (Å²) in [7, 11) is 0. The molecule has 0 saturated heterocycles. The zero-order valence-electron chi connectivity index (χ0n) is 17.3. The van der Waals surface area contributed by atoms with Gasteiger partial charge in [0, 0.05) is 35.2 Å². The van der Waals surface area contributed by atoms with E-state index >= 15 is 0 Å². The number of aromatic nitrogens is 5. The van der Waals surface area contributed by atoms with Crippen LogP contribution in [0, 0.1) is 0 Å². The van der Waals surface area contributed by atoms with Crippen molar-refractivity contribution in [3.8, 4) is 33.9 Å². The second kappa shape index (κ2) is 7.80. The fourth-order valence-corrected chi connectivity index (χ4v) is 4.33. The maximum absolute atomic E-state index is 6.43. The van der Waals surface area contributed by atoms with Crippen molar-refractivity contribution in [1.29, 1.82) is 0 Å². The van der Waals surface area contributed by atoms with Gasteiger partial charge in [-0.1, -0.05) is 54.1 Å². The number of anilines is 1. The molecule has 1 aliphatic carbocycles. The van der Waals surface area contributed by atoms with Gasteiger partial charge in [0.1, 0.15) is 11.5 Å². The third-order valence-electron chi connectivity index (χ3n) is 5.99. The normalized spacial score (nSPS) is 13.9. The third-order valence-corrected chi connectivity index (χ3v) is 6.17. The first-order valence-electron chi connectivity index (χ1n) is 10.8. The van der Waals surface area contributed by atoms with Crippen molar-refractivity contribution in [1.82, 2.24) is 24.6 Å². The summed E-state index contributed by atoms with van der Waals surface area (Å²) in [5.74, 6) is 0.704. The molecule has 0 aliphatic heterocycles. The van der Waals surface area contributed by atoms with Crippen molar-refractivity contribution in [3.05, 3.63) is 78.2 Å². The van der Waals surface area contributed by atoms with E-state index < -0.39 is 0 Å². The molecule has 1 fully saturated rings. The minimum Gasteiger partial charge on any atom is -0.382 e. The van der Waals surface area contributed by atoms with Crippen LogP contribution in [-0.4, -0.2) is 30.6 Å². The summed E-state index contributed by atoms with van der Waals surface area (Å²) in [5.41, 5.74) is 6.45. The molecular weight excluding hydrogens is 420 g/mol. The number of aromatic amines is 1. The third kappa shape index (κ3) is 3.33. The molecule has 2 aromatic carbocycles. The van der Waals surface area contributed by atoms with Gasteiger partial charge in [-0.25, -0.2) is 14.5 Å². The second-order valence-corrected chi connectivity index (χ2v) is 8.47. The monoisotopic (exact) mass is 440 g/mol. The minimum absolute atomic E-state index is 0.380. The van der Waals surface area contributed by atoms with E-state index in [1.54, 1.807) is 18.5 Å². The number of rotatable bonds is 5. The molecule has 0 unspecified atom stereocenters. The van der Waals surface area contributed by atoms with Crippen molar-refractivity contribution in [2.24, 2.45) is 0 Å². The SMILES string of the molecule is Clc1cc(-c2ncc[nH]2)c2nc(-c3ccc(NC4CCC4)cc3)c(-c3ccccc3)n2n1. The average Bonchev–Trinajstić information content (AvgIpc) is 3.45. The van der Waals surface area contributed by atoms with Gasteiger partial charge in [0.2, 0.25) is 0 Å². The number of nitrogens with zero attached hydrogens (tertiary/aromatic N) is 4. The molecule has 0 amide bonds. The molecular formula is C25H21ClN6. The Morgan fingerprint density at radius 3 is 2.50 bits per heavy atom. The number of halogens is 1. The summed E-state index contributed by atoms with van der Waals surface area (Å²) in [6.07, 6.45) is 7.31. The smallest absolute Gasteiger partial charge is 0.166 e. The molecule has 1 aliphatic rings. The van der Waals surface area contributed by atoms with E-state index in [0.717, 1.165) is 33.8 Å². The molecule has 0 spiro atoms. The Kier molecular flexibility index (Phi) is 4.65. The van der Waals surface area contributed by atoms with Crippen LogP contribution in [0.5, 0.6) is 0 Å². The summed E-state index contributed by atoms with van der Waals surface area (Å²) in [6.45, 7) is 0. The Balaban J connectivity index is 1.54. The number of H-pyrrole nitrogens is 1. The molecule has 5 aromatic rings. The van der Waals surface area contributed by atoms with Gasteiger partial charge in [0.25, 0.3) is 0 Å². The van der Waals surface area contributed by atoms with Crippen molar-refractivity contribution in [2.45, 2.75) is 25.3 Å². The van der Waals surface area contributed by atoms with Crippen molar-refractivity contribution in [3.63, 3.8) is 0 Å². The van der Waals surface area contributed by atoms with Crippen LogP contribution in [0.2, 0.25) is 5.15 Å². The van der Waals surface area contributed by atoms with E-state index in [4.69, 9.17) is 16.6 Å². The standard InChI is InChI=1S/C25H21ClN6/c26-21-15-20(24-27-13-14-28-24)25-30-22(23(32(25)31-21)17-5-2-1-3-6-17)16-9-11-19(12-10-16)29-18-7-4-8-18/h1-3,5-6,9-15,18,29H,4,7-8H2,(H,27,28). The van der Waals surface area contributed by atoms with Gasteiger partial charge >= 0.3 is 0 Å². The summed E-state index contributed by atoms with van der Waals surface area (Å²) < 4.78 is 1.82. The Labute approximate surface area is 190 Å². The van der Waals surface area contributed by atoms with Crippen LogP contribution in [-0.2, 0) is 0 Å². The minimum atomic E-state index is 0.380. The van der Waals surface area contributed by atoms with Crippen LogP contribution in [0.15, 0.2) is 73.1 Å². The lowest BCUT2D eigenvalue weighted by molar-refractivity contribution is 0.445. The fraction of sp³-hybridized carbons (Fsp3) is 0.160.